The van der Waals surface area contributed by atoms with Crippen molar-refractivity contribution in [1.82, 2.24) is 0 Å². The summed E-state index contributed by atoms with van der Waals surface area (Å²) in [5.41, 5.74) is 0.159. The lowest BCUT2D eigenvalue weighted by Crippen LogP contribution is -2.07. The number of carbonyl (C=O) groups is 1. The Labute approximate surface area is 133 Å². The van der Waals surface area contributed by atoms with E-state index in [1.807, 2.05) is 6.92 Å². The number of hydrogen-bond donors (Lipinski definition) is 0. The first-order chi connectivity index (χ1) is 11.2. The van der Waals surface area contributed by atoms with Crippen LogP contribution >= 0.6 is 0 Å². The Morgan fingerprint density at radius 3 is 2.83 bits per heavy atom. The van der Waals surface area contributed by atoms with Crippen LogP contribution in [-0.2, 0) is 9.53 Å². The van der Waals surface area contributed by atoms with Crippen molar-refractivity contribution < 1.29 is 18.3 Å². The van der Waals surface area contributed by atoms with Crippen LogP contribution in [0.1, 0.15) is 25.5 Å². The maximum Gasteiger partial charge on any atom is 0.349 e. The molecule has 0 saturated heterocycles. The van der Waals surface area contributed by atoms with E-state index in [1.54, 1.807) is 36.4 Å². The molecule has 2 rings (SSSR count). The summed E-state index contributed by atoms with van der Waals surface area (Å²) >= 11 is 0. The molecule has 1 aromatic carbocycles. The Morgan fingerprint density at radius 2 is 2.13 bits per heavy atom. The summed E-state index contributed by atoms with van der Waals surface area (Å²) in [4.78, 5) is 11.8. The molecule has 1 aromatic heterocycles. The molecular formula is C18H16FNO3. The van der Waals surface area contributed by atoms with Crippen LogP contribution < -0.4 is 0 Å². The number of nitriles is 1. The van der Waals surface area contributed by atoms with Gasteiger partial charge in [0.2, 0.25) is 0 Å². The zero-order valence-electron chi connectivity index (χ0n) is 12.7. The fourth-order valence-electron chi connectivity index (χ4n) is 1.90. The molecule has 0 spiro atoms. The van der Waals surface area contributed by atoms with Crippen molar-refractivity contribution in [3.8, 4) is 17.4 Å². The minimum absolute atomic E-state index is 0.157. The fraction of sp³-hybridized carbons (Fsp3) is 0.222. The molecule has 118 valence electrons. The van der Waals surface area contributed by atoms with Crippen LogP contribution in [-0.4, -0.2) is 12.6 Å². The van der Waals surface area contributed by atoms with Gasteiger partial charge in [0.1, 0.15) is 29.0 Å². The maximum absolute atomic E-state index is 13.7. The van der Waals surface area contributed by atoms with Gasteiger partial charge >= 0.3 is 5.97 Å². The standard InChI is InChI=1S/C18H16FNO3/c1-2-3-10-22-18(21)13(12-20)11-14-8-9-17(23-14)15-6-4-5-7-16(15)19/h4-9,11H,2-3,10H2,1H3/b13-11+. The van der Waals surface area contributed by atoms with Gasteiger partial charge in [-0.25, -0.2) is 9.18 Å². The molecule has 0 unspecified atom stereocenters. The highest BCUT2D eigenvalue weighted by molar-refractivity contribution is 5.97. The van der Waals surface area contributed by atoms with Crippen LogP contribution in [0.3, 0.4) is 0 Å². The van der Waals surface area contributed by atoms with E-state index < -0.39 is 11.8 Å². The number of nitrogens with zero attached hydrogens (tertiary/aromatic N) is 1. The zero-order valence-corrected chi connectivity index (χ0v) is 12.7. The summed E-state index contributed by atoms with van der Waals surface area (Å²) in [7, 11) is 0. The molecule has 0 N–H and O–H groups in total. The monoisotopic (exact) mass is 313 g/mol. The van der Waals surface area contributed by atoms with Gasteiger partial charge in [0, 0.05) is 6.08 Å². The summed E-state index contributed by atoms with van der Waals surface area (Å²) in [6.07, 6.45) is 2.92. The lowest BCUT2D eigenvalue weighted by atomic mass is 10.1. The molecule has 0 fully saturated rings. The van der Waals surface area contributed by atoms with E-state index in [0.717, 1.165) is 12.8 Å². The average Bonchev–Trinajstić information content (AvgIpc) is 3.01. The van der Waals surface area contributed by atoms with E-state index in [0.29, 0.717) is 11.3 Å². The molecule has 2 aromatic rings. The highest BCUT2D eigenvalue weighted by atomic mass is 19.1. The van der Waals surface area contributed by atoms with Gasteiger partial charge in [0.25, 0.3) is 0 Å². The molecule has 0 atom stereocenters. The first-order valence-electron chi connectivity index (χ1n) is 7.29. The van der Waals surface area contributed by atoms with Gasteiger partial charge in [-0.15, -0.1) is 0 Å². The summed E-state index contributed by atoms with van der Waals surface area (Å²) in [6.45, 7) is 2.24. The zero-order chi connectivity index (χ0) is 16.7. The van der Waals surface area contributed by atoms with Crippen LogP contribution in [0.2, 0.25) is 0 Å². The van der Waals surface area contributed by atoms with E-state index in [-0.39, 0.29) is 17.9 Å². The predicted octanol–water partition coefficient (Wildman–Crippen LogP) is 4.34. The van der Waals surface area contributed by atoms with Crippen molar-refractivity contribution in [3.05, 3.63) is 53.5 Å². The lowest BCUT2D eigenvalue weighted by Gasteiger charge is -2.01. The van der Waals surface area contributed by atoms with Crippen LogP contribution in [0, 0.1) is 17.1 Å². The Bertz CT molecular complexity index is 756. The smallest absolute Gasteiger partial charge is 0.349 e. The van der Waals surface area contributed by atoms with E-state index >= 15 is 0 Å². The molecule has 0 aliphatic rings. The van der Waals surface area contributed by atoms with Crippen molar-refractivity contribution >= 4 is 12.0 Å². The molecule has 0 aliphatic heterocycles. The Hall–Kier alpha value is -2.87. The Balaban J connectivity index is 2.17. The number of halogens is 1. The minimum Gasteiger partial charge on any atom is -0.462 e. The SMILES string of the molecule is CCCCOC(=O)/C(C#N)=C/c1ccc(-c2ccccc2F)o1. The summed E-state index contributed by atoms with van der Waals surface area (Å²) in [6, 6.07) is 11.1. The molecule has 0 radical (unpaired) electrons. The molecule has 0 aliphatic carbocycles. The Morgan fingerprint density at radius 1 is 1.35 bits per heavy atom. The molecular weight excluding hydrogens is 297 g/mol. The quantitative estimate of drug-likeness (QED) is 0.344. The number of esters is 1. The van der Waals surface area contributed by atoms with Crippen molar-refractivity contribution in [2.24, 2.45) is 0 Å². The van der Waals surface area contributed by atoms with E-state index in [9.17, 15) is 9.18 Å². The molecule has 0 saturated carbocycles. The highest BCUT2D eigenvalue weighted by Gasteiger charge is 2.13. The van der Waals surface area contributed by atoms with E-state index in [1.165, 1.54) is 12.1 Å². The van der Waals surface area contributed by atoms with Crippen LogP contribution in [0.15, 0.2) is 46.4 Å². The number of hydrogen-bond acceptors (Lipinski definition) is 4. The Kier molecular flexibility index (Phi) is 5.70. The number of benzene rings is 1. The largest absolute Gasteiger partial charge is 0.462 e. The van der Waals surface area contributed by atoms with Crippen molar-refractivity contribution in [3.63, 3.8) is 0 Å². The van der Waals surface area contributed by atoms with Gasteiger partial charge < -0.3 is 9.15 Å². The second-order valence-corrected chi connectivity index (χ2v) is 4.84. The average molecular weight is 313 g/mol. The van der Waals surface area contributed by atoms with E-state index in [4.69, 9.17) is 14.4 Å². The van der Waals surface area contributed by atoms with Gasteiger partial charge in [-0.05, 0) is 30.7 Å². The molecule has 4 nitrogen and oxygen atoms in total. The van der Waals surface area contributed by atoms with Crippen molar-refractivity contribution in [2.75, 3.05) is 6.61 Å². The van der Waals surface area contributed by atoms with Gasteiger partial charge in [0.15, 0.2) is 0 Å². The van der Waals surface area contributed by atoms with Gasteiger partial charge in [-0.2, -0.15) is 5.26 Å². The molecule has 5 heteroatoms. The molecule has 0 bridgehead atoms. The van der Waals surface area contributed by atoms with Gasteiger partial charge in [-0.1, -0.05) is 25.5 Å². The second kappa shape index (κ2) is 7.95. The van der Waals surface area contributed by atoms with Crippen molar-refractivity contribution in [1.29, 1.82) is 5.26 Å². The normalized spacial score (nSPS) is 11.1. The number of ether oxygens (including phenoxy) is 1. The third-order valence-electron chi connectivity index (χ3n) is 3.12. The maximum atomic E-state index is 13.7. The van der Waals surface area contributed by atoms with Gasteiger partial charge in [-0.3, -0.25) is 0 Å². The number of carbonyl (C=O) groups excluding carboxylic acids is 1. The van der Waals surface area contributed by atoms with E-state index in [2.05, 4.69) is 0 Å². The van der Waals surface area contributed by atoms with Crippen LogP contribution in [0.4, 0.5) is 4.39 Å². The van der Waals surface area contributed by atoms with Crippen molar-refractivity contribution in [2.45, 2.75) is 19.8 Å². The first-order valence-corrected chi connectivity index (χ1v) is 7.29. The molecule has 1 heterocycles. The first kappa shape index (κ1) is 16.5. The summed E-state index contributed by atoms with van der Waals surface area (Å²) in [5, 5.41) is 9.06. The summed E-state index contributed by atoms with van der Waals surface area (Å²) < 4.78 is 24.2. The third-order valence-corrected chi connectivity index (χ3v) is 3.12. The third kappa shape index (κ3) is 4.30. The topological polar surface area (TPSA) is 63.2 Å². The minimum atomic E-state index is -0.690. The van der Waals surface area contributed by atoms with Gasteiger partial charge in [0.05, 0.1) is 12.2 Å². The molecule has 0 amide bonds. The highest BCUT2D eigenvalue weighted by Crippen LogP contribution is 2.25. The predicted molar refractivity (Wildman–Crippen MR) is 83.6 cm³/mol. The second-order valence-electron chi connectivity index (χ2n) is 4.84. The molecule has 23 heavy (non-hydrogen) atoms. The fourth-order valence-corrected chi connectivity index (χ4v) is 1.90. The number of rotatable bonds is 6. The van der Waals surface area contributed by atoms with Crippen LogP contribution in [0.25, 0.3) is 17.4 Å². The number of furan rings is 1. The van der Waals surface area contributed by atoms with Crippen LogP contribution in [0.5, 0.6) is 0 Å². The number of unbranched alkanes of at least 4 members (excludes halogenated alkanes) is 1. The lowest BCUT2D eigenvalue weighted by molar-refractivity contribution is -0.138. The summed E-state index contributed by atoms with van der Waals surface area (Å²) in [5.74, 6) is -0.486.